The molecule has 0 aliphatic heterocycles. The van der Waals surface area contributed by atoms with Gasteiger partial charge >= 0.3 is 0 Å². The second-order valence-electron chi connectivity index (χ2n) is 6.54. The minimum absolute atomic E-state index is 0. The van der Waals surface area contributed by atoms with Crippen LogP contribution in [-0.4, -0.2) is 42.0 Å². The molecule has 2 N–H and O–H groups in total. The summed E-state index contributed by atoms with van der Waals surface area (Å²) in [5, 5.41) is 10.9. The van der Waals surface area contributed by atoms with Gasteiger partial charge in [0, 0.05) is 38.6 Å². The number of aromatic nitrogens is 2. The maximum absolute atomic E-state index is 5.59. The lowest BCUT2D eigenvalue weighted by Gasteiger charge is -2.11. The standard InChI is InChI=1S/C22H29N5O2.HI/c1-2-23-22(24-12-5-16-28-18-21-6-3-17-29-21)25-14-11-19-7-9-20(10-8-19)27-15-4-13-26-27;/h3-4,6-10,13,15,17H,2,5,11-12,14,16,18H2,1H3,(H2,23,24,25);1H. The Hall–Kier alpha value is -2.33. The first-order chi connectivity index (χ1) is 14.3. The van der Waals surface area contributed by atoms with Gasteiger partial charge in [-0.15, -0.1) is 24.0 Å². The Morgan fingerprint density at radius 1 is 1.17 bits per heavy atom. The second kappa shape index (κ2) is 13.8. The van der Waals surface area contributed by atoms with E-state index in [2.05, 4.69) is 51.9 Å². The van der Waals surface area contributed by atoms with Crippen molar-refractivity contribution in [3.63, 3.8) is 0 Å². The SMILES string of the molecule is CCNC(=NCCCOCc1ccco1)NCCc1ccc(-n2cccn2)cc1.I. The van der Waals surface area contributed by atoms with Crippen molar-refractivity contribution >= 4 is 29.9 Å². The zero-order chi connectivity index (χ0) is 20.2. The molecule has 0 unspecified atom stereocenters. The Morgan fingerprint density at radius 2 is 2.03 bits per heavy atom. The van der Waals surface area contributed by atoms with Crippen molar-refractivity contribution in [2.75, 3.05) is 26.2 Å². The van der Waals surface area contributed by atoms with Crippen LogP contribution in [-0.2, 0) is 17.8 Å². The van der Waals surface area contributed by atoms with Gasteiger partial charge in [0.25, 0.3) is 0 Å². The van der Waals surface area contributed by atoms with E-state index in [1.165, 1.54) is 5.56 Å². The molecule has 0 aliphatic rings. The fourth-order valence-corrected chi connectivity index (χ4v) is 2.83. The van der Waals surface area contributed by atoms with Gasteiger partial charge in [-0.05, 0) is 55.7 Å². The predicted molar refractivity (Wildman–Crippen MR) is 130 cm³/mol. The van der Waals surface area contributed by atoms with Gasteiger partial charge in [0.1, 0.15) is 12.4 Å². The third-order valence-corrected chi connectivity index (χ3v) is 4.30. The molecular formula is C22H30IN5O2. The highest BCUT2D eigenvalue weighted by Crippen LogP contribution is 2.08. The number of furan rings is 1. The average Bonchev–Trinajstić information content (AvgIpc) is 3.45. The minimum Gasteiger partial charge on any atom is -0.467 e. The van der Waals surface area contributed by atoms with Crippen LogP contribution in [0.2, 0.25) is 0 Å². The van der Waals surface area contributed by atoms with Crippen LogP contribution in [0, 0.1) is 0 Å². The number of benzene rings is 1. The molecule has 30 heavy (non-hydrogen) atoms. The molecule has 0 bridgehead atoms. The summed E-state index contributed by atoms with van der Waals surface area (Å²) in [5.74, 6) is 1.69. The van der Waals surface area contributed by atoms with Gasteiger partial charge in [-0.2, -0.15) is 5.10 Å². The summed E-state index contributed by atoms with van der Waals surface area (Å²) in [6.45, 7) is 5.60. The number of ether oxygens (including phenoxy) is 1. The van der Waals surface area contributed by atoms with Crippen molar-refractivity contribution in [3.05, 3.63) is 72.4 Å². The van der Waals surface area contributed by atoms with E-state index in [0.29, 0.717) is 19.8 Å². The summed E-state index contributed by atoms with van der Waals surface area (Å²) >= 11 is 0. The number of rotatable bonds is 11. The van der Waals surface area contributed by atoms with Crippen LogP contribution >= 0.6 is 24.0 Å². The average molecular weight is 523 g/mol. The summed E-state index contributed by atoms with van der Waals surface area (Å²) < 4.78 is 12.7. The van der Waals surface area contributed by atoms with Gasteiger partial charge in [0.05, 0.1) is 12.0 Å². The molecule has 0 saturated heterocycles. The van der Waals surface area contributed by atoms with Gasteiger partial charge in [-0.3, -0.25) is 4.99 Å². The lowest BCUT2D eigenvalue weighted by Crippen LogP contribution is -2.38. The highest BCUT2D eigenvalue weighted by Gasteiger charge is 2.00. The molecular weight excluding hydrogens is 493 g/mol. The number of hydrogen-bond acceptors (Lipinski definition) is 4. The Balaban J connectivity index is 0.00000320. The van der Waals surface area contributed by atoms with E-state index < -0.39 is 0 Å². The zero-order valence-corrected chi connectivity index (χ0v) is 19.6. The molecule has 7 nitrogen and oxygen atoms in total. The van der Waals surface area contributed by atoms with Crippen molar-refractivity contribution in [2.24, 2.45) is 4.99 Å². The maximum atomic E-state index is 5.59. The highest BCUT2D eigenvalue weighted by molar-refractivity contribution is 14.0. The smallest absolute Gasteiger partial charge is 0.191 e. The monoisotopic (exact) mass is 523 g/mol. The van der Waals surface area contributed by atoms with E-state index in [0.717, 1.165) is 43.3 Å². The Bertz CT molecular complexity index is 833. The first-order valence-electron chi connectivity index (χ1n) is 10.1. The van der Waals surface area contributed by atoms with Crippen LogP contribution in [0.25, 0.3) is 5.69 Å². The summed E-state index contributed by atoms with van der Waals surface area (Å²) in [6, 6.07) is 14.2. The van der Waals surface area contributed by atoms with E-state index in [4.69, 9.17) is 9.15 Å². The van der Waals surface area contributed by atoms with E-state index in [-0.39, 0.29) is 24.0 Å². The molecule has 2 aromatic heterocycles. The summed E-state index contributed by atoms with van der Waals surface area (Å²) in [6.07, 6.45) is 7.18. The quantitative estimate of drug-likeness (QED) is 0.173. The van der Waals surface area contributed by atoms with E-state index in [9.17, 15) is 0 Å². The van der Waals surface area contributed by atoms with Crippen LogP contribution in [0.5, 0.6) is 0 Å². The van der Waals surface area contributed by atoms with Crippen LogP contribution < -0.4 is 10.6 Å². The van der Waals surface area contributed by atoms with Crippen molar-refractivity contribution in [3.8, 4) is 5.69 Å². The molecule has 0 fully saturated rings. The molecule has 0 amide bonds. The lowest BCUT2D eigenvalue weighted by atomic mass is 10.1. The number of hydrogen-bond donors (Lipinski definition) is 2. The molecule has 3 aromatic rings. The van der Waals surface area contributed by atoms with Crippen molar-refractivity contribution in [1.82, 2.24) is 20.4 Å². The molecule has 0 spiro atoms. The normalized spacial score (nSPS) is 11.2. The first-order valence-corrected chi connectivity index (χ1v) is 10.1. The molecule has 162 valence electrons. The van der Waals surface area contributed by atoms with E-state index in [1.807, 2.05) is 29.1 Å². The molecule has 3 rings (SSSR count). The van der Waals surface area contributed by atoms with Gasteiger partial charge in [-0.1, -0.05) is 12.1 Å². The second-order valence-corrected chi connectivity index (χ2v) is 6.54. The summed E-state index contributed by atoms with van der Waals surface area (Å²) in [5.41, 5.74) is 2.34. The molecule has 2 heterocycles. The first kappa shape index (κ1) is 23.9. The highest BCUT2D eigenvalue weighted by atomic mass is 127. The number of halogens is 1. The minimum atomic E-state index is 0. The molecule has 0 atom stereocenters. The molecule has 0 radical (unpaired) electrons. The predicted octanol–water partition coefficient (Wildman–Crippen LogP) is 3.79. The molecule has 0 saturated carbocycles. The third-order valence-electron chi connectivity index (χ3n) is 4.30. The van der Waals surface area contributed by atoms with Crippen LogP contribution in [0.3, 0.4) is 0 Å². The van der Waals surface area contributed by atoms with Crippen LogP contribution in [0.1, 0.15) is 24.7 Å². The molecule has 1 aromatic carbocycles. The molecule has 8 heteroatoms. The lowest BCUT2D eigenvalue weighted by molar-refractivity contribution is 0.105. The number of nitrogens with one attached hydrogen (secondary N) is 2. The van der Waals surface area contributed by atoms with E-state index >= 15 is 0 Å². The fourth-order valence-electron chi connectivity index (χ4n) is 2.83. The summed E-state index contributed by atoms with van der Waals surface area (Å²) in [4.78, 5) is 4.61. The Kier molecular flexibility index (Phi) is 11.0. The van der Waals surface area contributed by atoms with Crippen LogP contribution in [0.4, 0.5) is 0 Å². The van der Waals surface area contributed by atoms with Crippen LogP contribution in [0.15, 0.2) is 70.5 Å². The fraction of sp³-hybridized carbons (Fsp3) is 0.364. The number of guanidine groups is 1. The van der Waals surface area contributed by atoms with Gasteiger partial charge in [0.2, 0.25) is 0 Å². The number of aliphatic imine (C=N–C) groups is 1. The Labute approximate surface area is 194 Å². The zero-order valence-electron chi connectivity index (χ0n) is 17.3. The van der Waals surface area contributed by atoms with Crippen molar-refractivity contribution < 1.29 is 9.15 Å². The number of nitrogens with zero attached hydrogens (tertiary/aromatic N) is 3. The van der Waals surface area contributed by atoms with E-state index in [1.54, 1.807) is 12.5 Å². The third kappa shape index (κ3) is 8.19. The maximum Gasteiger partial charge on any atom is 0.191 e. The largest absolute Gasteiger partial charge is 0.467 e. The van der Waals surface area contributed by atoms with Gasteiger partial charge < -0.3 is 19.8 Å². The Morgan fingerprint density at radius 3 is 2.73 bits per heavy atom. The molecule has 0 aliphatic carbocycles. The van der Waals surface area contributed by atoms with Crippen molar-refractivity contribution in [2.45, 2.75) is 26.4 Å². The summed E-state index contributed by atoms with van der Waals surface area (Å²) in [7, 11) is 0. The topological polar surface area (TPSA) is 76.6 Å². The van der Waals surface area contributed by atoms with Crippen molar-refractivity contribution in [1.29, 1.82) is 0 Å². The van der Waals surface area contributed by atoms with Gasteiger partial charge in [0.15, 0.2) is 5.96 Å². The van der Waals surface area contributed by atoms with Gasteiger partial charge in [-0.25, -0.2) is 4.68 Å².